The van der Waals surface area contributed by atoms with Crippen molar-refractivity contribution in [2.45, 2.75) is 36.5 Å². The molecule has 32 heavy (non-hydrogen) atoms. The van der Waals surface area contributed by atoms with Gasteiger partial charge in [-0.2, -0.15) is 0 Å². The highest BCUT2D eigenvalue weighted by atomic mass is 32.2. The number of para-hydroxylation sites is 1. The molecule has 0 aliphatic carbocycles. The normalized spacial score (nSPS) is 18.5. The summed E-state index contributed by atoms with van der Waals surface area (Å²) < 4.78 is 5.43. The number of fused-ring (bicyclic) bond motifs is 1. The van der Waals surface area contributed by atoms with E-state index in [1.165, 1.54) is 11.8 Å². The van der Waals surface area contributed by atoms with E-state index in [9.17, 15) is 14.4 Å². The quantitative estimate of drug-likeness (QED) is 0.657. The lowest BCUT2D eigenvalue weighted by Gasteiger charge is -2.34. The monoisotopic (exact) mass is 453 g/mol. The van der Waals surface area contributed by atoms with E-state index in [4.69, 9.17) is 4.74 Å². The van der Waals surface area contributed by atoms with E-state index < -0.39 is 5.25 Å². The average molecular weight is 454 g/mol. The predicted molar refractivity (Wildman–Crippen MR) is 123 cm³/mol. The van der Waals surface area contributed by atoms with Gasteiger partial charge < -0.3 is 20.3 Å². The summed E-state index contributed by atoms with van der Waals surface area (Å²) in [6.45, 7) is 3.98. The van der Waals surface area contributed by atoms with E-state index in [0.717, 1.165) is 21.9 Å². The molecule has 0 unspecified atom stereocenters. The first kappa shape index (κ1) is 22.2. The van der Waals surface area contributed by atoms with E-state index in [1.54, 1.807) is 4.90 Å². The minimum Gasteiger partial charge on any atom is -0.494 e. The van der Waals surface area contributed by atoms with Crippen LogP contribution in [0.15, 0.2) is 53.4 Å². The van der Waals surface area contributed by atoms with Crippen molar-refractivity contribution in [3.05, 3.63) is 54.1 Å². The number of hydrogen-bond acceptors (Lipinski definition) is 5. The number of likely N-dealkylation sites (tertiary alicyclic amines) is 1. The van der Waals surface area contributed by atoms with E-state index in [-0.39, 0.29) is 23.6 Å². The van der Waals surface area contributed by atoms with Gasteiger partial charge in [-0.3, -0.25) is 14.4 Å². The fourth-order valence-corrected chi connectivity index (χ4v) is 5.02. The lowest BCUT2D eigenvalue weighted by atomic mass is 9.95. The topological polar surface area (TPSA) is 87.7 Å². The smallest absolute Gasteiger partial charge is 0.247 e. The Morgan fingerprint density at radius 1 is 1.12 bits per heavy atom. The molecular formula is C24H27N3O4S. The molecule has 1 saturated heterocycles. The summed E-state index contributed by atoms with van der Waals surface area (Å²) in [5, 5.41) is 5.03. The Labute approximate surface area is 191 Å². The maximum Gasteiger partial charge on any atom is 0.247 e. The molecular weight excluding hydrogens is 426 g/mol. The summed E-state index contributed by atoms with van der Waals surface area (Å²) >= 11 is 1.29. The first-order chi connectivity index (χ1) is 15.5. The standard InChI is InChI=1S/C24H27N3O4S/c1-2-31-18-9-7-16(8-10-18)15-25-22(28)17-11-13-27(14-12-17)24(30)21-23(29)26-19-5-3-4-6-20(19)32-21/h3-10,17,21H,2,11-15H2,1H3,(H,25,28)(H,26,29)/t21-/m0/s1. The summed E-state index contributed by atoms with van der Waals surface area (Å²) in [5.41, 5.74) is 1.75. The Morgan fingerprint density at radius 3 is 2.56 bits per heavy atom. The third-order valence-electron chi connectivity index (χ3n) is 5.73. The van der Waals surface area contributed by atoms with E-state index in [1.807, 2.05) is 55.5 Å². The lowest BCUT2D eigenvalue weighted by Crippen LogP contribution is -2.49. The second-order valence-electron chi connectivity index (χ2n) is 7.88. The molecule has 2 aromatic rings. The van der Waals surface area contributed by atoms with Gasteiger partial charge in [0, 0.05) is 30.4 Å². The zero-order valence-corrected chi connectivity index (χ0v) is 18.8. The summed E-state index contributed by atoms with van der Waals surface area (Å²) in [6, 6.07) is 15.2. The number of carbonyl (C=O) groups is 3. The van der Waals surface area contributed by atoms with Crippen LogP contribution in [0.4, 0.5) is 5.69 Å². The van der Waals surface area contributed by atoms with Crippen molar-refractivity contribution in [3.8, 4) is 5.75 Å². The molecule has 1 fully saturated rings. The van der Waals surface area contributed by atoms with Crippen molar-refractivity contribution >= 4 is 35.2 Å². The highest BCUT2D eigenvalue weighted by molar-refractivity contribution is 8.01. The van der Waals surface area contributed by atoms with Crippen LogP contribution in [0.25, 0.3) is 0 Å². The number of hydrogen-bond donors (Lipinski definition) is 2. The molecule has 0 spiro atoms. The Balaban J connectivity index is 1.26. The summed E-state index contributed by atoms with van der Waals surface area (Å²) in [6.07, 6.45) is 1.19. The second-order valence-corrected chi connectivity index (χ2v) is 9.02. The van der Waals surface area contributed by atoms with Crippen molar-refractivity contribution in [1.29, 1.82) is 0 Å². The molecule has 2 aliphatic rings. The van der Waals surface area contributed by atoms with Gasteiger partial charge in [-0.05, 0) is 49.6 Å². The van der Waals surface area contributed by atoms with Gasteiger partial charge in [0.15, 0.2) is 5.25 Å². The Bertz CT molecular complexity index is 987. The van der Waals surface area contributed by atoms with Gasteiger partial charge in [0.25, 0.3) is 0 Å². The summed E-state index contributed by atoms with van der Waals surface area (Å²) in [5.74, 6) is 0.220. The maximum absolute atomic E-state index is 13.0. The second kappa shape index (κ2) is 10.1. The Kier molecular flexibility index (Phi) is 6.99. The van der Waals surface area contributed by atoms with Gasteiger partial charge in [0.1, 0.15) is 5.75 Å². The van der Waals surface area contributed by atoms with Crippen LogP contribution >= 0.6 is 11.8 Å². The fraction of sp³-hybridized carbons (Fsp3) is 0.375. The third-order valence-corrected chi connectivity index (χ3v) is 6.99. The number of anilines is 1. The van der Waals surface area contributed by atoms with Crippen LogP contribution in [0.3, 0.4) is 0 Å². The van der Waals surface area contributed by atoms with Gasteiger partial charge >= 0.3 is 0 Å². The van der Waals surface area contributed by atoms with Crippen molar-refractivity contribution in [3.63, 3.8) is 0 Å². The minimum atomic E-state index is -0.782. The predicted octanol–water partition coefficient (Wildman–Crippen LogP) is 3.05. The number of ether oxygens (including phenoxy) is 1. The number of nitrogens with zero attached hydrogens (tertiary/aromatic N) is 1. The molecule has 2 N–H and O–H groups in total. The molecule has 0 bridgehead atoms. The number of nitrogens with one attached hydrogen (secondary N) is 2. The highest BCUT2D eigenvalue weighted by Crippen LogP contribution is 2.36. The SMILES string of the molecule is CCOc1ccc(CNC(=O)C2CCN(C(=O)[C@H]3Sc4ccccc4NC3=O)CC2)cc1. The minimum absolute atomic E-state index is 0.00435. The molecule has 0 radical (unpaired) electrons. The molecule has 4 rings (SSSR count). The molecule has 0 aromatic heterocycles. The molecule has 7 nitrogen and oxygen atoms in total. The van der Waals surface area contributed by atoms with Crippen LogP contribution in [0.2, 0.25) is 0 Å². The van der Waals surface area contributed by atoms with Gasteiger partial charge in [-0.15, -0.1) is 11.8 Å². The number of rotatable bonds is 6. The number of carbonyl (C=O) groups excluding carboxylic acids is 3. The Morgan fingerprint density at radius 2 is 1.84 bits per heavy atom. The van der Waals surface area contributed by atoms with Crippen molar-refractivity contribution in [2.24, 2.45) is 5.92 Å². The summed E-state index contributed by atoms with van der Waals surface area (Å²) in [7, 11) is 0. The number of thioether (sulfide) groups is 1. The molecule has 0 saturated carbocycles. The van der Waals surface area contributed by atoms with Crippen LogP contribution < -0.4 is 15.4 Å². The average Bonchev–Trinajstić information content (AvgIpc) is 2.83. The van der Waals surface area contributed by atoms with Crippen LogP contribution in [-0.2, 0) is 20.9 Å². The molecule has 1 atom stereocenters. The van der Waals surface area contributed by atoms with E-state index in [0.29, 0.717) is 39.1 Å². The third kappa shape index (κ3) is 5.07. The van der Waals surface area contributed by atoms with Crippen LogP contribution in [0.5, 0.6) is 5.75 Å². The first-order valence-corrected chi connectivity index (χ1v) is 11.8. The van der Waals surface area contributed by atoms with E-state index in [2.05, 4.69) is 10.6 Å². The Hall–Kier alpha value is -3.00. The molecule has 2 aliphatic heterocycles. The van der Waals surface area contributed by atoms with Crippen LogP contribution in [0, 0.1) is 5.92 Å². The van der Waals surface area contributed by atoms with Crippen LogP contribution in [0.1, 0.15) is 25.3 Å². The molecule has 8 heteroatoms. The lowest BCUT2D eigenvalue weighted by molar-refractivity contribution is -0.137. The zero-order valence-electron chi connectivity index (χ0n) is 18.0. The van der Waals surface area contributed by atoms with Crippen molar-refractivity contribution < 1.29 is 19.1 Å². The molecule has 2 aromatic carbocycles. The number of benzene rings is 2. The molecule has 3 amide bonds. The van der Waals surface area contributed by atoms with Crippen LogP contribution in [-0.4, -0.2) is 47.6 Å². The highest BCUT2D eigenvalue weighted by Gasteiger charge is 2.37. The van der Waals surface area contributed by atoms with Gasteiger partial charge in [0.2, 0.25) is 17.7 Å². The zero-order chi connectivity index (χ0) is 22.5. The van der Waals surface area contributed by atoms with Crippen molar-refractivity contribution in [2.75, 3.05) is 25.0 Å². The first-order valence-electron chi connectivity index (χ1n) is 10.9. The van der Waals surface area contributed by atoms with Gasteiger partial charge in [0.05, 0.1) is 12.3 Å². The molecule has 2 heterocycles. The van der Waals surface area contributed by atoms with Gasteiger partial charge in [-0.1, -0.05) is 24.3 Å². The fourth-order valence-electron chi connectivity index (χ4n) is 3.95. The maximum atomic E-state index is 13.0. The largest absolute Gasteiger partial charge is 0.494 e. The van der Waals surface area contributed by atoms with Gasteiger partial charge in [-0.25, -0.2) is 0 Å². The summed E-state index contributed by atoms with van der Waals surface area (Å²) in [4.78, 5) is 40.6. The van der Waals surface area contributed by atoms with E-state index >= 15 is 0 Å². The molecule has 168 valence electrons. The van der Waals surface area contributed by atoms with Crippen molar-refractivity contribution in [1.82, 2.24) is 10.2 Å². The number of piperidine rings is 1. The number of amides is 3.